The molecule has 33 heavy (non-hydrogen) atoms. The van der Waals surface area contributed by atoms with Crippen molar-refractivity contribution in [2.45, 2.75) is 32.5 Å². The van der Waals surface area contributed by atoms with Crippen molar-refractivity contribution in [2.24, 2.45) is 7.05 Å². The number of rotatable bonds is 6. The number of nitrogens with zero attached hydrogens (tertiary/aromatic N) is 6. The second-order valence-corrected chi connectivity index (χ2v) is 8.65. The normalized spacial score (nSPS) is 11.3. The predicted octanol–water partition coefficient (Wildman–Crippen LogP) is 1.52. The van der Waals surface area contributed by atoms with Crippen molar-refractivity contribution in [3.05, 3.63) is 79.2 Å². The van der Waals surface area contributed by atoms with Crippen LogP contribution in [0.1, 0.15) is 32.9 Å². The molecular formula is C22H23N7O3S. The van der Waals surface area contributed by atoms with Crippen LogP contribution in [0.5, 0.6) is 0 Å². The first-order chi connectivity index (χ1) is 15.7. The number of aromatic nitrogens is 6. The van der Waals surface area contributed by atoms with Crippen LogP contribution in [0.4, 0.5) is 5.82 Å². The van der Waals surface area contributed by atoms with Crippen molar-refractivity contribution in [3.63, 3.8) is 0 Å². The zero-order valence-corrected chi connectivity index (χ0v) is 19.5. The van der Waals surface area contributed by atoms with E-state index in [4.69, 9.17) is 5.73 Å². The fourth-order valence-electron chi connectivity index (χ4n) is 3.46. The van der Waals surface area contributed by atoms with E-state index in [0.29, 0.717) is 10.9 Å². The molecule has 0 aliphatic carbocycles. The van der Waals surface area contributed by atoms with Crippen LogP contribution in [0.15, 0.2) is 45.1 Å². The topological polar surface area (TPSA) is 130 Å². The van der Waals surface area contributed by atoms with Crippen molar-refractivity contribution in [1.29, 1.82) is 0 Å². The fourth-order valence-corrected chi connectivity index (χ4v) is 4.16. The summed E-state index contributed by atoms with van der Waals surface area (Å²) in [5.41, 5.74) is 8.24. The first-order valence-electron chi connectivity index (χ1n) is 10.2. The third-order valence-corrected chi connectivity index (χ3v) is 6.46. The Kier molecular flexibility index (Phi) is 5.90. The standard InChI is InChI=1S/C22H23N7O3S/c1-12-13(2)24-20-25-21(26-29(20)14(12)3)33-11-16(30)17-18(23)28(22(32)27(4)19(17)31)10-15-8-6-5-7-9-15/h5-9H,10-11,23H2,1-4H3. The molecule has 0 atom stereocenters. The average molecular weight is 466 g/mol. The molecule has 0 aliphatic heterocycles. The number of hydrogen-bond donors (Lipinski definition) is 1. The lowest BCUT2D eigenvalue weighted by atomic mass is 10.2. The van der Waals surface area contributed by atoms with Crippen LogP contribution >= 0.6 is 11.8 Å². The van der Waals surface area contributed by atoms with E-state index < -0.39 is 17.0 Å². The number of nitrogen functional groups attached to an aromatic ring is 1. The van der Waals surface area contributed by atoms with Crippen LogP contribution in [0, 0.1) is 20.8 Å². The third kappa shape index (κ3) is 4.07. The number of ketones is 1. The summed E-state index contributed by atoms with van der Waals surface area (Å²) in [6.45, 7) is 5.92. The predicted molar refractivity (Wildman–Crippen MR) is 126 cm³/mol. The van der Waals surface area contributed by atoms with Crippen LogP contribution in [0.3, 0.4) is 0 Å². The second kappa shape index (κ2) is 8.66. The third-order valence-electron chi connectivity index (χ3n) is 5.62. The maximum absolute atomic E-state index is 13.0. The summed E-state index contributed by atoms with van der Waals surface area (Å²) < 4.78 is 3.76. The minimum absolute atomic E-state index is 0.114. The highest BCUT2D eigenvalue weighted by molar-refractivity contribution is 7.99. The second-order valence-electron chi connectivity index (χ2n) is 7.70. The molecule has 170 valence electrons. The van der Waals surface area contributed by atoms with Crippen molar-refractivity contribution in [3.8, 4) is 0 Å². The average Bonchev–Trinajstić information content (AvgIpc) is 3.21. The van der Waals surface area contributed by atoms with E-state index in [-0.39, 0.29) is 23.7 Å². The Hall–Kier alpha value is -3.73. The number of hydrogen-bond acceptors (Lipinski definition) is 8. The van der Waals surface area contributed by atoms with Crippen LogP contribution in [0.2, 0.25) is 0 Å². The summed E-state index contributed by atoms with van der Waals surface area (Å²) in [6.07, 6.45) is 0. The van der Waals surface area contributed by atoms with Gasteiger partial charge in [-0.05, 0) is 31.9 Å². The van der Waals surface area contributed by atoms with Crippen molar-refractivity contribution >= 4 is 29.1 Å². The number of thioether (sulfide) groups is 1. The molecule has 2 N–H and O–H groups in total. The molecule has 0 saturated heterocycles. The molecule has 0 bridgehead atoms. The molecule has 3 aromatic heterocycles. The highest BCUT2D eigenvalue weighted by atomic mass is 32.2. The molecule has 0 unspecified atom stereocenters. The maximum Gasteiger partial charge on any atom is 0.332 e. The molecule has 0 spiro atoms. The molecule has 4 rings (SSSR count). The lowest BCUT2D eigenvalue weighted by molar-refractivity contribution is 0.102. The first kappa shape index (κ1) is 22.5. The monoisotopic (exact) mass is 465 g/mol. The highest BCUT2D eigenvalue weighted by Gasteiger charge is 2.22. The van der Waals surface area contributed by atoms with Gasteiger partial charge >= 0.3 is 5.69 Å². The summed E-state index contributed by atoms with van der Waals surface area (Å²) >= 11 is 1.08. The molecule has 0 amide bonds. The van der Waals surface area contributed by atoms with Gasteiger partial charge < -0.3 is 5.73 Å². The van der Waals surface area contributed by atoms with E-state index >= 15 is 0 Å². The zero-order valence-electron chi connectivity index (χ0n) is 18.7. The van der Waals surface area contributed by atoms with Crippen LogP contribution in [0.25, 0.3) is 5.78 Å². The van der Waals surface area contributed by atoms with Crippen molar-refractivity contribution in [2.75, 3.05) is 11.5 Å². The van der Waals surface area contributed by atoms with Gasteiger partial charge in [0.05, 0.1) is 12.3 Å². The summed E-state index contributed by atoms with van der Waals surface area (Å²) in [6, 6.07) is 9.20. The van der Waals surface area contributed by atoms with E-state index in [1.54, 1.807) is 4.52 Å². The number of Topliss-reactive ketones (excluding diaryl/α,β-unsaturated/α-hetero) is 1. The summed E-state index contributed by atoms with van der Waals surface area (Å²) in [7, 11) is 1.33. The maximum atomic E-state index is 13.0. The smallest absolute Gasteiger partial charge is 0.332 e. The van der Waals surface area contributed by atoms with Gasteiger partial charge in [-0.3, -0.25) is 18.7 Å². The molecule has 0 fully saturated rings. The van der Waals surface area contributed by atoms with E-state index in [1.165, 1.54) is 11.6 Å². The Morgan fingerprint density at radius 2 is 1.79 bits per heavy atom. The van der Waals surface area contributed by atoms with Gasteiger partial charge in [0, 0.05) is 18.4 Å². The van der Waals surface area contributed by atoms with Crippen molar-refractivity contribution in [1.82, 2.24) is 28.7 Å². The summed E-state index contributed by atoms with van der Waals surface area (Å²) in [5, 5.41) is 4.77. The van der Waals surface area contributed by atoms with Gasteiger partial charge in [0.2, 0.25) is 5.16 Å². The Labute approximate surface area is 193 Å². The van der Waals surface area contributed by atoms with Gasteiger partial charge in [-0.25, -0.2) is 14.3 Å². The number of aryl methyl sites for hydroxylation is 2. The molecule has 1 aromatic carbocycles. The van der Waals surface area contributed by atoms with Gasteiger partial charge in [-0.2, -0.15) is 4.98 Å². The van der Waals surface area contributed by atoms with Gasteiger partial charge in [-0.15, -0.1) is 5.10 Å². The van der Waals surface area contributed by atoms with E-state index in [9.17, 15) is 14.4 Å². The van der Waals surface area contributed by atoms with Gasteiger partial charge in [-0.1, -0.05) is 42.1 Å². The van der Waals surface area contributed by atoms with E-state index in [2.05, 4.69) is 15.1 Å². The molecule has 11 heteroatoms. The van der Waals surface area contributed by atoms with Gasteiger partial charge in [0.25, 0.3) is 11.3 Å². The lowest BCUT2D eigenvalue weighted by Gasteiger charge is -2.14. The van der Waals surface area contributed by atoms with Crippen LogP contribution in [-0.4, -0.2) is 40.3 Å². The molecule has 0 radical (unpaired) electrons. The summed E-state index contributed by atoms with van der Waals surface area (Å²) in [5.74, 6) is -0.325. The minimum atomic E-state index is -0.723. The SMILES string of the molecule is Cc1nc2nc(SCC(=O)c3c(N)n(Cc4ccccc4)c(=O)n(C)c3=O)nn2c(C)c1C. The van der Waals surface area contributed by atoms with E-state index in [1.807, 2.05) is 51.1 Å². The van der Waals surface area contributed by atoms with Crippen LogP contribution in [-0.2, 0) is 13.6 Å². The number of carbonyl (C=O) groups is 1. The molecular weight excluding hydrogens is 442 g/mol. The lowest BCUT2D eigenvalue weighted by Crippen LogP contribution is -2.43. The molecule has 3 heterocycles. The number of nitrogens with two attached hydrogens (primary N) is 1. The highest BCUT2D eigenvalue weighted by Crippen LogP contribution is 2.19. The number of carbonyl (C=O) groups excluding carboxylic acids is 1. The Bertz CT molecular complexity index is 1500. The molecule has 10 nitrogen and oxygen atoms in total. The van der Waals surface area contributed by atoms with Crippen molar-refractivity contribution < 1.29 is 4.79 Å². The number of benzene rings is 1. The number of fused-ring (bicyclic) bond motifs is 1. The largest absolute Gasteiger partial charge is 0.384 e. The quantitative estimate of drug-likeness (QED) is 0.335. The molecule has 4 aromatic rings. The minimum Gasteiger partial charge on any atom is -0.384 e. The van der Waals surface area contributed by atoms with Gasteiger partial charge in [0.1, 0.15) is 11.4 Å². The van der Waals surface area contributed by atoms with E-state index in [0.717, 1.165) is 38.8 Å². The summed E-state index contributed by atoms with van der Waals surface area (Å²) in [4.78, 5) is 47.2. The first-order valence-corrected chi connectivity index (χ1v) is 11.2. The number of anilines is 1. The molecule has 0 saturated carbocycles. The Balaban J connectivity index is 1.64. The Morgan fingerprint density at radius 3 is 2.48 bits per heavy atom. The van der Waals surface area contributed by atoms with Crippen LogP contribution < -0.4 is 17.0 Å². The fraction of sp³-hybridized carbons (Fsp3) is 0.273. The zero-order chi connectivity index (χ0) is 23.9. The Morgan fingerprint density at radius 1 is 1.09 bits per heavy atom. The van der Waals surface area contributed by atoms with Gasteiger partial charge in [0.15, 0.2) is 5.78 Å². The molecule has 0 aliphatic rings.